The van der Waals surface area contributed by atoms with Gasteiger partial charge in [-0.15, -0.1) is 0 Å². The molecule has 0 fully saturated rings. The highest BCUT2D eigenvalue weighted by Gasteiger charge is 2.32. The van der Waals surface area contributed by atoms with Crippen molar-refractivity contribution in [2.45, 2.75) is 59.1 Å². The Balaban J connectivity index is 1.84. The number of nitrogens with zero attached hydrogens (tertiary/aromatic N) is 3. The molecule has 11 heteroatoms. The molecule has 11 nitrogen and oxygen atoms in total. The van der Waals surface area contributed by atoms with Crippen LogP contribution in [0.1, 0.15) is 72.1 Å². The van der Waals surface area contributed by atoms with E-state index < -0.39 is 17.6 Å². The highest BCUT2D eigenvalue weighted by Crippen LogP contribution is 2.44. The lowest BCUT2D eigenvalue weighted by molar-refractivity contribution is 0.0533. The molecular formula is C26H34N6O5. The Morgan fingerprint density at radius 2 is 1.92 bits per heavy atom. The maximum absolute atomic E-state index is 13.1. The summed E-state index contributed by atoms with van der Waals surface area (Å²) in [5, 5.41) is 9.93. The van der Waals surface area contributed by atoms with Crippen molar-refractivity contribution < 1.29 is 23.9 Å². The monoisotopic (exact) mass is 510 g/mol. The van der Waals surface area contributed by atoms with Crippen LogP contribution in [-0.4, -0.2) is 52.8 Å². The second-order valence-electron chi connectivity index (χ2n) is 9.56. The van der Waals surface area contributed by atoms with Crippen LogP contribution in [0.15, 0.2) is 35.3 Å². The normalized spacial score (nSPS) is 14.8. The first-order chi connectivity index (χ1) is 17.4. The first-order valence-electron chi connectivity index (χ1n) is 12.0. The number of aromatic nitrogens is 2. The van der Waals surface area contributed by atoms with Gasteiger partial charge < -0.3 is 25.8 Å². The maximum atomic E-state index is 13.1. The summed E-state index contributed by atoms with van der Waals surface area (Å²) in [6.45, 7) is 9.90. The van der Waals surface area contributed by atoms with E-state index in [2.05, 4.69) is 20.7 Å². The molecule has 3 amide bonds. The fourth-order valence-electron chi connectivity index (χ4n) is 3.98. The van der Waals surface area contributed by atoms with Gasteiger partial charge in [0.2, 0.25) is 5.91 Å². The molecule has 0 bridgehead atoms. The molecule has 3 rings (SSSR count). The Hall–Kier alpha value is -4.15. The summed E-state index contributed by atoms with van der Waals surface area (Å²) < 4.78 is 12.4. The zero-order valence-electron chi connectivity index (χ0n) is 22.0. The van der Waals surface area contributed by atoms with Crippen LogP contribution in [0, 0.1) is 6.92 Å². The highest BCUT2D eigenvalue weighted by atomic mass is 16.6. The molecule has 0 radical (unpaired) electrons. The molecule has 2 heterocycles. The fraction of sp³-hybridized carbons (Fsp3) is 0.423. The van der Waals surface area contributed by atoms with Gasteiger partial charge in [0, 0.05) is 24.2 Å². The lowest BCUT2D eigenvalue weighted by Crippen LogP contribution is -2.34. The van der Waals surface area contributed by atoms with Crippen LogP contribution >= 0.6 is 0 Å². The first-order valence-corrected chi connectivity index (χ1v) is 12.0. The van der Waals surface area contributed by atoms with Crippen molar-refractivity contribution in [3.05, 3.63) is 52.9 Å². The van der Waals surface area contributed by atoms with Gasteiger partial charge in [-0.25, -0.2) is 9.79 Å². The zero-order chi connectivity index (χ0) is 27.3. The minimum Gasteiger partial charge on any atom is -0.496 e. The van der Waals surface area contributed by atoms with Crippen LogP contribution in [-0.2, 0) is 11.3 Å². The van der Waals surface area contributed by atoms with Crippen molar-refractivity contribution in [2.75, 3.05) is 13.7 Å². The Bertz CT molecular complexity index is 1250. The van der Waals surface area contributed by atoms with Crippen molar-refractivity contribution in [1.82, 2.24) is 20.4 Å². The molecule has 0 spiro atoms. The molecule has 1 aromatic heterocycles. The van der Waals surface area contributed by atoms with E-state index in [1.807, 2.05) is 19.9 Å². The van der Waals surface area contributed by atoms with Crippen LogP contribution in [0.4, 0.5) is 10.5 Å². The van der Waals surface area contributed by atoms with E-state index >= 15 is 0 Å². The summed E-state index contributed by atoms with van der Waals surface area (Å²) in [5.41, 5.74) is 7.53. The number of aryl methyl sites for hydroxylation is 2. The van der Waals surface area contributed by atoms with Crippen LogP contribution in [0.25, 0.3) is 0 Å². The Morgan fingerprint density at radius 3 is 2.54 bits per heavy atom. The molecule has 37 heavy (non-hydrogen) atoms. The van der Waals surface area contributed by atoms with Gasteiger partial charge in [-0.2, -0.15) is 5.10 Å². The van der Waals surface area contributed by atoms with E-state index in [-0.39, 0.29) is 23.9 Å². The lowest BCUT2D eigenvalue weighted by Gasteiger charge is -2.19. The number of rotatable bonds is 8. The molecule has 1 aliphatic rings. The van der Waals surface area contributed by atoms with Crippen molar-refractivity contribution in [3.63, 3.8) is 0 Å². The van der Waals surface area contributed by atoms with E-state index in [0.29, 0.717) is 35.9 Å². The zero-order valence-corrected chi connectivity index (χ0v) is 22.0. The largest absolute Gasteiger partial charge is 0.496 e. The second kappa shape index (κ2) is 11.3. The SMILES string of the molecule is CCn1nc(C)cc1C(=O)NC1=Nc2cc(C(N)=O)cc(OC)c2C1C/C=C/CNC(=O)OC(C)(C)C. The number of fused-ring (bicyclic) bond motifs is 1. The molecule has 1 aromatic carbocycles. The van der Waals surface area contributed by atoms with Crippen molar-refractivity contribution in [2.24, 2.45) is 10.7 Å². The minimum atomic E-state index is -0.610. The number of allylic oxidation sites excluding steroid dienone is 1. The summed E-state index contributed by atoms with van der Waals surface area (Å²) in [4.78, 5) is 41.5. The van der Waals surface area contributed by atoms with Crippen molar-refractivity contribution in [1.29, 1.82) is 0 Å². The number of ether oxygens (including phenoxy) is 2. The Labute approximate surface area is 216 Å². The van der Waals surface area contributed by atoms with E-state index in [9.17, 15) is 14.4 Å². The van der Waals surface area contributed by atoms with E-state index in [0.717, 1.165) is 11.3 Å². The van der Waals surface area contributed by atoms with Gasteiger partial charge in [0.25, 0.3) is 5.91 Å². The van der Waals surface area contributed by atoms with Crippen LogP contribution in [0.5, 0.6) is 5.75 Å². The fourth-order valence-corrected chi connectivity index (χ4v) is 3.98. The summed E-state index contributed by atoms with van der Waals surface area (Å²) in [7, 11) is 1.50. The van der Waals surface area contributed by atoms with Crippen molar-refractivity contribution in [3.8, 4) is 5.75 Å². The number of carbonyl (C=O) groups is 3. The van der Waals surface area contributed by atoms with E-state index in [1.165, 1.54) is 7.11 Å². The molecule has 1 unspecified atom stereocenters. The van der Waals surface area contributed by atoms with Crippen LogP contribution < -0.4 is 21.1 Å². The van der Waals surface area contributed by atoms with Gasteiger partial charge in [-0.1, -0.05) is 12.2 Å². The predicted molar refractivity (Wildman–Crippen MR) is 139 cm³/mol. The molecule has 0 saturated heterocycles. The van der Waals surface area contributed by atoms with Gasteiger partial charge in [0.15, 0.2) is 0 Å². The molecule has 1 aliphatic heterocycles. The average molecular weight is 511 g/mol. The number of primary amides is 1. The third kappa shape index (κ3) is 6.75. The molecular weight excluding hydrogens is 476 g/mol. The Morgan fingerprint density at radius 1 is 1.19 bits per heavy atom. The number of nitrogens with two attached hydrogens (primary N) is 1. The number of amidine groups is 1. The number of alkyl carbamates (subject to hydrolysis) is 1. The number of carbonyl (C=O) groups excluding carboxylic acids is 3. The topological polar surface area (TPSA) is 150 Å². The Kier molecular flexibility index (Phi) is 8.36. The number of amides is 3. The molecule has 0 saturated carbocycles. The highest BCUT2D eigenvalue weighted by molar-refractivity contribution is 6.11. The molecule has 0 aliphatic carbocycles. The van der Waals surface area contributed by atoms with Gasteiger partial charge in [0.05, 0.1) is 24.4 Å². The second-order valence-corrected chi connectivity index (χ2v) is 9.56. The number of nitrogens with one attached hydrogen (secondary N) is 2. The molecule has 4 N–H and O–H groups in total. The van der Waals surface area contributed by atoms with E-state index in [4.69, 9.17) is 15.2 Å². The van der Waals surface area contributed by atoms with Crippen LogP contribution in [0.3, 0.4) is 0 Å². The smallest absolute Gasteiger partial charge is 0.407 e. The third-order valence-corrected chi connectivity index (χ3v) is 5.52. The predicted octanol–water partition coefficient (Wildman–Crippen LogP) is 3.35. The number of aliphatic imine (C=N–C) groups is 1. The minimum absolute atomic E-state index is 0.252. The van der Waals surface area contributed by atoms with Crippen LogP contribution in [0.2, 0.25) is 0 Å². The van der Waals surface area contributed by atoms with Gasteiger partial charge in [-0.05, 0) is 59.2 Å². The van der Waals surface area contributed by atoms with E-state index in [1.54, 1.807) is 49.7 Å². The summed E-state index contributed by atoms with van der Waals surface area (Å²) in [6.07, 6.45) is 3.60. The molecule has 2 aromatic rings. The summed E-state index contributed by atoms with van der Waals surface area (Å²) >= 11 is 0. The quantitative estimate of drug-likeness (QED) is 0.464. The summed E-state index contributed by atoms with van der Waals surface area (Å²) in [6, 6.07) is 4.86. The standard InChI is InChI=1S/C26H34N6O5/c1-7-32-19(12-15(2)31-32)24(34)30-23-17(10-8-9-11-28-25(35)37-26(3,4)5)21-18(29-23)13-16(22(27)33)14-20(21)36-6/h8-9,12-14,17H,7,10-11H2,1-6H3,(H2,27,33)(H,28,35)(H,29,30,34)/b9-8+. The molecule has 198 valence electrons. The average Bonchev–Trinajstić information content (AvgIpc) is 3.36. The van der Waals surface area contributed by atoms with Gasteiger partial charge >= 0.3 is 6.09 Å². The van der Waals surface area contributed by atoms with Gasteiger partial charge in [0.1, 0.15) is 22.9 Å². The summed E-state index contributed by atoms with van der Waals surface area (Å²) in [5.74, 6) is -0.470. The first kappa shape index (κ1) is 27.4. The molecule has 1 atom stereocenters. The van der Waals surface area contributed by atoms with Crippen molar-refractivity contribution >= 4 is 29.4 Å². The van der Waals surface area contributed by atoms with Gasteiger partial charge in [-0.3, -0.25) is 14.3 Å². The maximum Gasteiger partial charge on any atom is 0.407 e. The number of methoxy groups -OCH3 is 1. The number of hydrogen-bond acceptors (Lipinski definition) is 7. The number of benzene rings is 1. The third-order valence-electron chi connectivity index (χ3n) is 5.52. The lowest BCUT2D eigenvalue weighted by atomic mass is 9.93. The number of hydrogen-bond donors (Lipinski definition) is 3.